The number of hydrogen-bond acceptors (Lipinski definition) is 3. The molecule has 18 heavy (non-hydrogen) atoms. The summed E-state index contributed by atoms with van der Waals surface area (Å²) in [5.41, 5.74) is 2.25. The molecule has 1 rings (SSSR count). The Balaban J connectivity index is 2.81. The maximum Gasteiger partial charge on any atom is 0.415 e. The fraction of sp³-hybridized carbons (Fsp3) is 0.364. The predicted octanol–water partition coefficient (Wildman–Crippen LogP) is 1.91. The summed E-state index contributed by atoms with van der Waals surface area (Å²) >= 11 is 0. The Bertz CT molecular complexity index is 427. The van der Waals surface area contributed by atoms with Gasteiger partial charge in [0.2, 0.25) is 0 Å². The first-order valence-corrected chi connectivity index (χ1v) is 4.99. The normalized spacial score (nSPS) is 14.8. The van der Waals surface area contributed by atoms with Crippen molar-refractivity contribution in [3.05, 3.63) is 24.3 Å². The molecule has 0 bridgehead atoms. The molecule has 4 nitrogen and oxygen atoms in total. The quantitative estimate of drug-likeness (QED) is 0.874. The molecule has 1 unspecified atom stereocenters. The van der Waals surface area contributed by atoms with Gasteiger partial charge in [-0.25, -0.2) is 0 Å². The van der Waals surface area contributed by atoms with Gasteiger partial charge in [0.1, 0.15) is 5.75 Å². The van der Waals surface area contributed by atoms with Gasteiger partial charge in [-0.1, -0.05) is 0 Å². The fourth-order valence-electron chi connectivity index (χ4n) is 1.06. The lowest BCUT2D eigenvalue weighted by Crippen LogP contribution is -2.59. The van der Waals surface area contributed by atoms with Crippen molar-refractivity contribution in [3.63, 3.8) is 0 Å². The van der Waals surface area contributed by atoms with Gasteiger partial charge in [0.15, 0.2) is 5.54 Å². The van der Waals surface area contributed by atoms with Crippen molar-refractivity contribution < 1.29 is 22.7 Å². The summed E-state index contributed by atoms with van der Waals surface area (Å²) in [5.74, 6) is -0.792. The molecule has 0 saturated carbocycles. The van der Waals surface area contributed by atoms with Crippen LogP contribution in [-0.4, -0.2) is 24.7 Å². The maximum atomic E-state index is 12.5. The topological polar surface area (TPSA) is 64.3 Å². The number of nitrogens with two attached hydrogens (primary N) is 1. The number of alkyl halides is 3. The fourth-order valence-corrected chi connectivity index (χ4v) is 1.06. The molecule has 0 radical (unpaired) electrons. The molecule has 1 aromatic carbocycles. The van der Waals surface area contributed by atoms with Crippen LogP contribution in [0.1, 0.15) is 6.92 Å². The Kier molecular flexibility index (Phi) is 3.85. The molecule has 0 fully saturated rings. The van der Waals surface area contributed by atoms with Crippen molar-refractivity contribution in [1.29, 1.82) is 0 Å². The van der Waals surface area contributed by atoms with E-state index in [1.54, 1.807) is 0 Å². The van der Waals surface area contributed by atoms with E-state index in [2.05, 4.69) is 5.32 Å². The van der Waals surface area contributed by atoms with Gasteiger partial charge in [0, 0.05) is 5.69 Å². The molecule has 1 aromatic rings. The molecule has 100 valence electrons. The number of rotatable bonds is 3. The average molecular weight is 262 g/mol. The van der Waals surface area contributed by atoms with Gasteiger partial charge in [0.25, 0.3) is 5.91 Å². The molecule has 1 atom stereocenters. The zero-order valence-corrected chi connectivity index (χ0v) is 9.84. The number of carbonyl (C=O) groups is 1. The number of benzene rings is 1. The van der Waals surface area contributed by atoms with Crippen molar-refractivity contribution >= 4 is 11.6 Å². The highest BCUT2D eigenvalue weighted by atomic mass is 19.4. The van der Waals surface area contributed by atoms with Crippen LogP contribution in [0.15, 0.2) is 24.3 Å². The molecule has 0 aliphatic heterocycles. The number of methoxy groups -OCH3 is 1. The Labute approximate surface area is 102 Å². The van der Waals surface area contributed by atoms with Crippen LogP contribution in [0, 0.1) is 0 Å². The van der Waals surface area contributed by atoms with Crippen LogP contribution in [0.25, 0.3) is 0 Å². The largest absolute Gasteiger partial charge is 0.497 e. The number of amides is 1. The highest BCUT2D eigenvalue weighted by Gasteiger charge is 2.53. The van der Waals surface area contributed by atoms with E-state index in [4.69, 9.17) is 10.5 Å². The number of nitrogens with one attached hydrogen (secondary N) is 1. The minimum absolute atomic E-state index is 0.210. The summed E-state index contributed by atoms with van der Waals surface area (Å²) in [4.78, 5) is 11.4. The van der Waals surface area contributed by atoms with Gasteiger partial charge in [-0.2, -0.15) is 13.2 Å². The standard InChI is InChI=1S/C11H13F3N2O2/c1-10(15,11(12,13)14)9(17)16-7-3-5-8(18-2)6-4-7/h3-6H,15H2,1-2H3,(H,16,17). The lowest BCUT2D eigenvalue weighted by Gasteiger charge is -2.26. The molecule has 0 saturated heterocycles. The maximum absolute atomic E-state index is 12.5. The number of halogens is 3. The number of carbonyl (C=O) groups excluding carboxylic acids is 1. The van der Waals surface area contributed by atoms with Crippen molar-refractivity contribution in [1.82, 2.24) is 0 Å². The first-order valence-electron chi connectivity index (χ1n) is 4.99. The van der Waals surface area contributed by atoms with Crippen LogP contribution in [0.3, 0.4) is 0 Å². The second kappa shape index (κ2) is 4.85. The van der Waals surface area contributed by atoms with Crippen LogP contribution < -0.4 is 15.8 Å². The highest BCUT2D eigenvalue weighted by molar-refractivity contribution is 5.98. The molecule has 3 N–H and O–H groups in total. The highest BCUT2D eigenvalue weighted by Crippen LogP contribution is 2.29. The van der Waals surface area contributed by atoms with Crippen LogP contribution in [0.5, 0.6) is 5.75 Å². The molecule has 0 aliphatic carbocycles. The van der Waals surface area contributed by atoms with Gasteiger partial charge in [0.05, 0.1) is 7.11 Å². The smallest absolute Gasteiger partial charge is 0.415 e. The van der Waals surface area contributed by atoms with Crippen molar-refractivity contribution in [2.24, 2.45) is 5.73 Å². The summed E-state index contributed by atoms with van der Waals surface area (Å²) < 4.78 is 42.4. The minimum atomic E-state index is -4.82. The summed E-state index contributed by atoms with van der Waals surface area (Å²) in [6.45, 7) is 0.617. The summed E-state index contributed by atoms with van der Waals surface area (Å²) in [5, 5.41) is 2.10. The van der Waals surface area contributed by atoms with Crippen LogP contribution in [-0.2, 0) is 4.79 Å². The molecular weight excluding hydrogens is 249 g/mol. The van der Waals surface area contributed by atoms with Gasteiger partial charge >= 0.3 is 6.18 Å². The average Bonchev–Trinajstić information content (AvgIpc) is 2.28. The molecule has 1 amide bonds. The van der Waals surface area contributed by atoms with Gasteiger partial charge in [-0.3, -0.25) is 4.79 Å². The van der Waals surface area contributed by atoms with E-state index in [9.17, 15) is 18.0 Å². The lowest BCUT2D eigenvalue weighted by atomic mass is 10.0. The monoisotopic (exact) mass is 262 g/mol. The molecule has 0 aliphatic rings. The minimum Gasteiger partial charge on any atom is -0.497 e. The van der Waals surface area contributed by atoms with Gasteiger partial charge in [-0.05, 0) is 31.2 Å². The van der Waals surface area contributed by atoms with Crippen molar-refractivity contribution in [2.45, 2.75) is 18.6 Å². The molecule has 0 aromatic heterocycles. The van der Waals surface area contributed by atoms with Crippen LogP contribution in [0.4, 0.5) is 18.9 Å². The lowest BCUT2D eigenvalue weighted by molar-refractivity contribution is -0.184. The Hall–Kier alpha value is -1.76. The third-order valence-corrected chi connectivity index (χ3v) is 2.41. The van der Waals surface area contributed by atoms with Crippen molar-refractivity contribution in [3.8, 4) is 5.75 Å². The Morgan fingerprint density at radius 2 is 1.78 bits per heavy atom. The summed E-state index contributed by atoms with van der Waals surface area (Å²) in [7, 11) is 1.45. The van der Waals surface area contributed by atoms with E-state index in [1.165, 1.54) is 31.4 Å². The van der Waals surface area contributed by atoms with E-state index in [0.717, 1.165) is 0 Å². The Morgan fingerprint density at radius 3 is 2.17 bits per heavy atom. The van der Waals surface area contributed by atoms with E-state index in [1.807, 2.05) is 0 Å². The number of hydrogen-bond donors (Lipinski definition) is 2. The van der Waals surface area contributed by atoms with Gasteiger partial charge < -0.3 is 15.8 Å². The molecule has 0 spiro atoms. The third-order valence-electron chi connectivity index (χ3n) is 2.41. The second-order valence-electron chi connectivity index (χ2n) is 3.88. The van der Waals surface area contributed by atoms with E-state index in [0.29, 0.717) is 12.7 Å². The van der Waals surface area contributed by atoms with E-state index in [-0.39, 0.29) is 5.69 Å². The molecule has 7 heteroatoms. The summed E-state index contributed by atoms with van der Waals surface area (Å²) in [6, 6.07) is 5.86. The van der Waals surface area contributed by atoms with Gasteiger partial charge in [-0.15, -0.1) is 0 Å². The zero-order valence-electron chi connectivity index (χ0n) is 9.84. The SMILES string of the molecule is COc1ccc(NC(=O)C(C)(N)C(F)(F)F)cc1. The molecular formula is C11H13F3N2O2. The first-order chi connectivity index (χ1) is 8.18. The number of ether oxygens (including phenoxy) is 1. The van der Waals surface area contributed by atoms with Crippen molar-refractivity contribution in [2.75, 3.05) is 12.4 Å². The second-order valence-corrected chi connectivity index (χ2v) is 3.88. The van der Waals surface area contributed by atoms with E-state index < -0.39 is 17.6 Å². The third kappa shape index (κ3) is 2.92. The molecule has 0 heterocycles. The predicted molar refractivity (Wildman–Crippen MR) is 60.3 cm³/mol. The van der Waals surface area contributed by atoms with Crippen LogP contribution >= 0.6 is 0 Å². The first kappa shape index (κ1) is 14.3. The van der Waals surface area contributed by atoms with Crippen LogP contribution in [0.2, 0.25) is 0 Å². The van der Waals surface area contributed by atoms with E-state index >= 15 is 0 Å². The number of anilines is 1. The zero-order chi connectivity index (χ0) is 14.0. The Morgan fingerprint density at radius 1 is 1.28 bits per heavy atom. The summed E-state index contributed by atoms with van der Waals surface area (Å²) in [6.07, 6.45) is -4.82.